The second-order valence-electron chi connectivity index (χ2n) is 10.4. The summed E-state index contributed by atoms with van der Waals surface area (Å²) in [5, 5.41) is 2.82. The summed E-state index contributed by atoms with van der Waals surface area (Å²) >= 11 is 3.33. The van der Waals surface area contributed by atoms with Crippen molar-refractivity contribution in [3.05, 3.63) is 54.9 Å². The van der Waals surface area contributed by atoms with Crippen LogP contribution in [0.4, 0.5) is 5.69 Å². The number of aromatic nitrogens is 4. The van der Waals surface area contributed by atoms with Crippen LogP contribution in [-0.2, 0) is 29.7 Å². The van der Waals surface area contributed by atoms with Gasteiger partial charge in [-0.1, -0.05) is 37.7 Å². The van der Waals surface area contributed by atoms with Gasteiger partial charge >= 0.3 is 5.69 Å². The van der Waals surface area contributed by atoms with E-state index in [-0.39, 0.29) is 35.8 Å². The van der Waals surface area contributed by atoms with Gasteiger partial charge in [0, 0.05) is 38.5 Å². The van der Waals surface area contributed by atoms with Gasteiger partial charge in [-0.3, -0.25) is 23.5 Å². The van der Waals surface area contributed by atoms with Crippen LogP contribution in [0.1, 0.15) is 28.8 Å². The highest BCUT2D eigenvalue weighted by atomic mass is 79.9. The molecule has 0 saturated heterocycles. The Morgan fingerprint density at radius 1 is 1.21 bits per heavy atom. The number of benzene rings is 1. The van der Waals surface area contributed by atoms with E-state index < -0.39 is 37.6 Å². The number of hydrogen-bond acceptors (Lipinski definition) is 6. The zero-order valence-corrected chi connectivity index (χ0v) is 24.6. The number of amides is 1. The molecule has 3 heterocycles. The minimum Gasteiger partial charge on any atom is -0.381 e. The Morgan fingerprint density at radius 3 is 2.63 bits per heavy atom. The van der Waals surface area contributed by atoms with Gasteiger partial charge in [0.25, 0.3) is 5.56 Å². The molecule has 10 nitrogen and oxygen atoms in total. The van der Waals surface area contributed by atoms with Gasteiger partial charge in [-0.2, -0.15) is 0 Å². The number of carbonyl (C=O) groups excluding carboxylic acids is 2. The first-order valence-electron chi connectivity index (χ1n) is 12.2. The number of Topliss-reactive ketones (excluding diaryl/α,β-unsaturated/α-hetero) is 1. The van der Waals surface area contributed by atoms with Gasteiger partial charge in [-0.25, -0.2) is 9.78 Å². The van der Waals surface area contributed by atoms with Crippen LogP contribution in [0.2, 0.25) is 25.7 Å². The number of carbonyl (C=O) groups is 2. The highest BCUT2D eigenvalue weighted by Gasteiger charge is 2.35. The highest BCUT2D eigenvalue weighted by Crippen LogP contribution is 2.36. The van der Waals surface area contributed by atoms with Crippen LogP contribution >= 0.6 is 15.9 Å². The number of fused-ring (bicyclic) bond motifs is 2. The number of hydrogen-bond donors (Lipinski definition) is 1. The summed E-state index contributed by atoms with van der Waals surface area (Å²) in [5.41, 5.74) is 0.407. The number of anilines is 1. The second-order valence-corrected chi connectivity index (χ2v) is 16.7. The Bertz CT molecular complexity index is 1620. The summed E-state index contributed by atoms with van der Waals surface area (Å²) in [6, 6.07) is 5.97. The fourth-order valence-electron chi connectivity index (χ4n) is 4.40. The van der Waals surface area contributed by atoms with Gasteiger partial charge in [0.15, 0.2) is 21.7 Å². The van der Waals surface area contributed by atoms with Gasteiger partial charge in [-0.05, 0) is 35.0 Å². The smallest absolute Gasteiger partial charge is 0.332 e. The molecule has 0 fully saturated rings. The lowest BCUT2D eigenvalue weighted by atomic mass is 9.93. The molecular weight excluding hydrogens is 570 g/mol. The molecule has 0 aliphatic carbocycles. The summed E-state index contributed by atoms with van der Waals surface area (Å²) in [5.74, 6) is 4.31. The van der Waals surface area contributed by atoms with Crippen LogP contribution in [0, 0.1) is 11.8 Å². The number of ether oxygens (including phenoxy) is 1. The van der Waals surface area contributed by atoms with Crippen molar-refractivity contribution in [2.45, 2.75) is 51.6 Å². The average Bonchev–Trinajstić information content (AvgIpc) is 3.36. The van der Waals surface area contributed by atoms with Crippen molar-refractivity contribution in [1.29, 1.82) is 0 Å². The summed E-state index contributed by atoms with van der Waals surface area (Å²) in [6.07, 6.45) is 0. The molecule has 0 saturated carbocycles. The number of rotatable bonds is 9. The maximum atomic E-state index is 13.6. The lowest BCUT2D eigenvalue weighted by Crippen LogP contribution is -2.41. The monoisotopic (exact) mass is 599 g/mol. The van der Waals surface area contributed by atoms with Gasteiger partial charge in [0.1, 0.15) is 0 Å². The predicted molar refractivity (Wildman–Crippen MR) is 151 cm³/mol. The molecule has 1 aliphatic heterocycles. The van der Waals surface area contributed by atoms with Crippen LogP contribution in [0.15, 0.2) is 32.5 Å². The Morgan fingerprint density at radius 2 is 1.95 bits per heavy atom. The predicted octanol–water partition coefficient (Wildman–Crippen LogP) is 2.96. The molecule has 1 aromatic carbocycles. The van der Waals surface area contributed by atoms with Crippen molar-refractivity contribution in [2.24, 2.45) is 7.05 Å². The molecule has 200 valence electrons. The lowest BCUT2D eigenvalue weighted by molar-refractivity contribution is -0.118. The molecule has 1 aliphatic rings. The largest absolute Gasteiger partial charge is 0.381 e. The molecule has 1 amide bonds. The minimum absolute atomic E-state index is 0.146. The van der Waals surface area contributed by atoms with E-state index in [1.165, 1.54) is 11.6 Å². The summed E-state index contributed by atoms with van der Waals surface area (Å²) in [6.45, 7) is 8.81. The van der Waals surface area contributed by atoms with Gasteiger partial charge in [0.05, 0.1) is 25.6 Å². The number of imidazole rings is 1. The molecule has 12 heteroatoms. The van der Waals surface area contributed by atoms with E-state index in [9.17, 15) is 19.2 Å². The van der Waals surface area contributed by atoms with E-state index in [0.29, 0.717) is 22.6 Å². The third-order valence-electron chi connectivity index (χ3n) is 6.51. The summed E-state index contributed by atoms with van der Waals surface area (Å²) in [7, 11) is 0.197. The van der Waals surface area contributed by atoms with Crippen LogP contribution in [0.3, 0.4) is 0 Å². The molecule has 2 aromatic heterocycles. The number of halogens is 1. The van der Waals surface area contributed by atoms with Crippen LogP contribution < -0.4 is 16.6 Å². The first-order valence-corrected chi connectivity index (χ1v) is 16.7. The van der Waals surface area contributed by atoms with Crippen molar-refractivity contribution in [3.63, 3.8) is 0 Å². The Kier molecular flexibility index (Phi) is 7.92. The maximum Gasteiger partial charge on any atom is 0.332 e. The van der Waals surface area contributed by atoms with Crippen molar-refractivity contribution >= 4 is 52.5 Å². The van der Waals surface area contributed by atoms with Crippen molar-refractivity contribution in [2.75, 3.05) is 18.5 Å². The van der Waals surface area contributed by atoms with Crippen LogP contribution in [-0.4, -0.2) is 51.7 Å². The molecule has 1 N–H and O–H groups in total. The van der Waals surface area contributed by atoms with Crippen molar-refractivity contribution in [1.82, 2.24) is 18.7 Å². The lowest BCUT2D eigenvalue weighted by Gasteiger charge is -2.17. The fraction of sp³-hybridized carbons (Fsp3) is 0.423. The third-order valence-corrected chi connectivity index (χ3v) is 8.82. The van der Waals surface area contributed by atoms with E-state index in [1.807, 2.05) is 0 Å². The zero-order chi connectivity index (χ0) is 27.8. The molecule has 1 unspecified atom stereocenters. The molecule has 3 aromatic rings. The zero-order valence-electron chi connectivity index (χ0n) is 22.1. The van der Waals surface area contributed by atoms with Crippen LogP contribution in [0.5, 0.6) is 0 Å². The normalized spacial score (nSPS) is 14.8. The number of aryl methyl sites for hydroxylation is 1. The second kappa shape index (κ2) is 10.8. The molecular formula is C26H30BrN5O5Si. The summed E-state index contributed by atoms with van der Waals surface area (Å²) in [4.78, 5) is 57.2. The number of nitrogens with zero attached hydrogens (tertiary/aromatic N) is 4. The van der Waals surface area contributed by atoms with E-state index in [1.54, 1.807) is 29.7 Å². The molecule has 0 bridgehead atoms. The molecule has 38 heavy (non-hydrogen) atoms. The topological polar surface area (TPSA) is 117 Å². The Balaban J connectivity index is 1.69. The van der Waals surface area contributed by atoms with Gasteiger partial charge < -0.3 is 14.6 Å². The SMILES string of the molecule is CC#CCn1c(Br)nc2c1c(=O)n(CC(=O)c1cccc3c1C(COCC[Si](C)(C)C)C(=O)N3)c(=O)n2C. The molecule has 4 rings (SSSR count). The van der Waals surface area contributed by atoms with Gasteiger partial charge in [-0.15, -0.1) is 5.92 Å². The quantitative estimate of drug-likeness (QED) is 0.133. The van der Waals surface area contributed by atoms with E-state index in [0.717, 1.165) is 10.6 Å². The molecule has 1 atom stereocenters. The minimum atomic E-state index is -1.30. The maximum absolute atomic E-state index is 13.6. The highest BCUT2D eigenvalue weighted by molar-refractivity contribution is 9.10. The fourth-order valence-corrected chi connectivity index (χ4v) is 5.63. The van der Waals surface area contributed by atoms with Crippen molar-refractivity contribution < 1.29 is 14.3 Å². The first kappa shape index (κ1) is 27.8. The third kappa shape index (κ3) is 5.32. The summed E-state index contributed by atoms with van der Waals surface area (Å²) < 4.78 is 9.91. The van der Waals surface area contributed by atoms with Crippen molar-refractivity contribution in [3.8, 4) is 11.8 Å². The standard InChI is InChI=1S/C26H30BrN5O5Si/c1-6-7-11-31-21-22(29-25(31)27)30(2)26(36)32(24(21)35)14-19(33)16-9-8-10-18-20(16)17(23(34)28-18)15-37-12-13-38(3,4)5/h8-10,17H,11-15H2,1-5H3,(H,28,34). The number of ketones is 1. The number of nitrogens with one attached hydrogen (secondary N) is 1. The van der Waals surface area contributed by atoms with Gasteiger partial charge in [0.2, 0.25) is 5.91 Å². The van der Waals surface area contributed by atoms with E-state index in [4.69, 9.17) is 4.74 Å². The average molecular weight is 601 g/mol. The molecule has 0 radical (unpaired) electrons. The Hall–Kier alpha value is -3.27. The Labute approximate surface area is 229 Å². The molecule has 0 spiro atoms. The van der Waals surface area contributed by atoms with Crippen LogP contribution in [0.25, 0.3) is 11.2 Å². The van der Waals surface area contributed by atoms with E-state index in [2.05, 4.69) is 57.7 Å². The van der Waals surface area contributed by atoms with E-state index >= 15 is 0 Å². The first-order chi connectivity index (χ1) is 17.9.